The number of aromatic nitrogens is 2. The lowest BCUT2D eigenvalue weighted by Gasteiger charge is -2.24. The van der Waals surface area contributed by atoms with E-state index in [9.17, 15) is 35.9 Å². The Bertz CT molecular complexity index is 1460. The van der Waals surface area contributed by atoms with E-state index in [2.05, 4.69) is 10.4 Å². The first-order valence-corrected chi connectivity index (χ1v) is 13.0. The minimum atomic E-state index is -5.08. The van der Waals surface area contributed by atoms with Crippen LogP contribution in [0, 0.1) is 0 Å². The van der Waals surface area contributed by atoms with Gasteiger partial charge in [-0.3, -0.25) is 19.2 Å². The number of amides is 2. The fourth-order valence-electron chi connectivity index (χ4n) is 4.32. The van der Waals surface area contributed by atoms with E-state index in [0.29, 0.717) is 22.1 Å². The van der Waals surface area contributed by atoms with Crippen LogP contribution in [0.15, 0.2) is 54.6 Å². The summed E-state index contributed by atoms with van der Waals surface area (Å²) in [4.78, 5) is 28.9. The summed E-state index contributed by atoms with van der Waals surface area (Å²) in [5, 5.41) is 6.12. The molecule has 0 unspecified atom stereocenters. The van der Waals surface area contributed by atoms with E-state index in [0.717, 1.165) is 0 Å². The van der Waals surface area contributed by atoms with Gasteiger partial charge in [-0.1, -0.05) is 11.6 Å². The summed E-state index contributed by atoms with van der Waals surface area (Å²) < 4.78 is 84.7. The number of rotatable bonds is 9. The largest absolute Gasteiger partial charge is 0.497 e. The van der Waals surface area contributed by atoms with Gasteiger partial charge in [-0.05, 0) is 67.2 Å². The van der Waals surface area contributed by atoms with Gasteiger partial charge in [0.25, 0.3) is 5.91 Å². The monoisotopic (exact) mass is 633 g/mol. The number of carbonyl (C=O) groups excluding carboxylic acids is 2. The Balaban J connectivity index is 1.55. The zero-order valence-corrected chi connectivity index (χ0v) is 23.2. The van der Waals surface area contributed by atoms with E-state index in [-0.39, 0.29) is 35.2 Å². The van der Waals surface area contributed by atoms with Crippen LogP contribution in [0.2, 0.25) is 5.02 Å². The van der Waals surface area contributed by atoms with Gasteiger partial charge < -0.3 is 15.0 Å². The molecule has 1 aliphatic heterocycles. The predicted molar refractivity (Wildman–Crippen MR) is 145 cm³/mol. The van der Waals surface area contributed by atoms with Crippen LogP contribution >= 0.6 is 23.8 Å². The van der Waals surface area contributed by atoms with E-state index in [1.54, 1.807) is 24.3 Å². The molecule has 1 aromatic heterocycles. The molecule has 2 amide bonds. The van der Waals surface area contributed by atoms with Gasteiger partial charge in [-0.25, -0.2) is 0 Å². The maximum atomic E-state index is 13.5. The number of thiocarbonyl (C=S) groups is 1. The standard InChI is InChI=1S/C26H22ClF6N5O3S/c1-41-18-9-5-16(6-10-18)34-22(39)13-19-23(40)38(17-7-3-15(27)4-8-17)24(42)36(19)11-2-12-37-21(26(31,32)33)14-20(35-37)25(28,29)30/h3-10,14,19H,2,11-13H2,1H3,(H,34,39)/t19-/m1/s1. The van der Waals surface area contributed by atoms with E-state index in [1.807, 2.05) is 0 Å². The molecule has 8 nitrogen and oxygen atoms in total. The van der Waals surface area contributed by atoms with Gasteiger partial charge >= 0.3 is 12.4 Å². The maximum Gasteiger partial charge on any atom is 0.435 e. The molecule has 0 spiro atoms. The molecule has 0 bridgehead atoms. The molecule has 42 heavy (non-hydrogen) atoms. The van der Waals surface area contributed by atoms with Crippen molar-refractivity contribution in [1.29, 1.82) is 0 Å². The number of nitrogens with zero attached hydrogens (tertiary/aromatic N) is 4. The van der Waals surface area contributed by atoms with Gasteiger partial charge in [0.15, 0.2) is 10.8 Å². The lowest BCUT2D eigenvalue weighted by atomic mass is 10.1. The van der Waals surface area contributed by atoms with E-state index >= 15 is 0 Å². The molecule has 16 heteroatoms. The fourth-order valence-corrected chi connectivity index (χ4v) is 4.86. The molecule has 1 fully saturated rings. The van der Waals surface area contributed by atoms with Crippen LogP contribution in [0.5, 0.6) is 5.75 Å². The number of alkyl halides is 6. The third-order valence-electron chi connectivity index (χ3n) is 6.29. The number of anilines is 2. The second-order valence-corrected chi connectivity index (χ2v) is 9.91. The second-order valence-electron chi connectivity index (χ2n) is 9.11. The summed E-state index contributed by atoms with van der Waals surface area (Å²) in [6, 6.07) is 11.3. The van der Waals surface area contributed by atoms with Crippen molar-refractivity contribution in [2.45, 2.75) is 37.8 Å². The SMILES string of the molecule is COc1ccc(NC(=O)C[C@@H]2C(=O)N(c3ccc(Cl)cc3)C(=S)N2CCCn2nc(C(F)(F)F)cc2C(F)(F)F)cc1. The van der Waals surface area contributed by atoms with Crippen molar-refractivity contribution in [1.82, 2.24) is 14.7 Å². The summed E-state index contributed by atoms with van der Waals surface area (Å²) in [7, 11) is 1.48. The highest BCUT2D eigenvalue weighted by atomic mass is 35.5. The van der Waals surface area contributed by atoms with E-state index in [4.69, 9.17) is 28.6 Å². The normalized spacial score (nSPS) is 15.9. The highest BCUT2D eigenvalue weighted by molar-refractivity contribution is 7.80. The Morgan fingerprint density at radius 3 is 2.24 bits per heavy atom. The molecule has 1 atom stereocenters. The van der Waals surface area contributed by atoms with Gasteiger partial charge in [0, 0.05) is 29.9 Å². The van der Waals surface area contributed by atoms with Crippen molar-refractivity contribution in [3.05, 3.63) is 71.0 Å². The van der Waals surface area contributed by atoms with E-state index < -0.39 is 48.1 Å². The molecular formula is C26H22ClF6N5O3S. The highest BCUT2D eigenvalue weighted by Gasteiger charge is 2.45. The number of hydrogen-bond acceptors (Lipinski definition) is 5. The number of methoxy groups -OCH3 is 1. The average molecular weight is 634 g/mol. The second kappa shape index (κ2) is 12.2. The fraction of sp³-hybridized carbons (Fsp3) is 0.308. The number of nitrogens with one attached hydrogen (secondary N) is 1. The molecule has 1 N–H and O–H groups in total. The first kappa shape index (κ1) is 31.1. The highest BCUT2D eigenvalue weighted by Crippen LogP contribution is 2.35. The van der Waals surface area contributed by atoms with Crippen LogP contribution in [0.1, 0.15) is 24.2 Å². The Labute approximate surface area is 245 Å². The number of hydrogen-bond donors (Lipinski definition) is 1. The molecular weight excluding hydrogens is 612 g/mol. The minimum absolute atomic E-state index is 0.0305. The van der Waals surface area contributed by atoms with Crippen LogP contribution in [0.3, 0.4) is 0 Å². The Hall–Kier alpha value is -3.85. The quantitative estimate of drug-likeness (QED) is 0.230. The molecule has 224 valence electrons. The molecule has 1 aliphatic rings. The lowest BCUT2D eigenvalue weighted by molar-refractivity contribution is -0.144. The zero-order chi connectivity index (χ0) is 30.8. The molecule has 2 heterocycles. The van der Waals surface area contributed by atoms with Gasteiger partial charge in [-0.2, -0.15) is 31.4 Å². The number of benzene rings is 2. The van der Waals surface area contributed by atoms with Crippen molar-refractivity contribution in [2.75, 3.05) is 23.9 Å². The molecule has 4 rings (SSSR count). The molecule has 3 aromatic rings. The Kier molecular flexibility index (Phi) is 9.01. The van der Waals surface area contributed by atoms with Crippen molar-refractivity contribution in [3.63, 3.8) is 0 Å². The number of halogens is 7. The number of carbonyl (C=O) groups is 2. The third kappa shape index (κ3) is 6.95. The summed E-state index contributed by atoms with van der Waals surface area (Å²) >= 11 is 11.5. The summed E-state index contributed by atoms with van der Waals surface area (Å²) in [6.45, 7) is -0.725. The van der Waals surface area contributed by atoms with Crippen molar-refractivity contribution < 1.29 is 40.7 Å². The van der Waals surface area contributed by atoms with Crippen LogP contribution in [-0.2, 0) is 28.5 Å². The smallest absolute Gasteiger partial charge is 0.435 e. The Morgan fingerprint density at radius 2 is 1.67 bits per heavy atom. The molecule has 2 aromatic carbocycles. The van der Waals surface area contributed by atoms with Gasteiger partial charge in [-0.15, -0.1) is 0 Å². The summed E-state index contributed by atoms with van der Waals surface area (Å²) in [5.41, 5.74) is -2.47. The van der Waals surface area contributed by atoms with Crippen LogP contribution in [0.25, 0.3) is 0 Å². The van der Waals surface area contributed by atoms with Crippen LogP contribution < -0.4 is 15.0 Å². The molecule has 0 aliphatic carbocycles. The Morgan fingerprint density at radius 1 is 1.02 bits per heavy atom. The average Bonchev–Trinajstić information content (AvgIpc) is 3.45. The van der Waals surface area contributed by atoms with E-state index in [1.165, 1.54) is 41.2 Å². The van der Waals surface area contributed by atoms with Crippen molar-refractivity contribution in [3.8, 4) is 5.75 Å². The van der Waals surface area contributed by atoms with Gasteiger partial charge in [0.2, 0.25) is 5.91 Å². The maximum absolute atomic E-state index is 13.5. The number of aryl methyl sites for hydroxylation is 1. The van der Waals surface area contributed by atoms with Gasteiger partial charge in [0.05, 0.1) is 19.2 Å². The first-order chi connectivity index (χ1) is 19.7. The van der Waals surface area contributed by atoms with Crippen LogP contribution in [0.4, 0.5) is 37.7 Å². The van der Waals surface area contributed by atoms with Crippen molar-refractivity contribution >= 4 is 52.1 Å². The molecule has 0 radical (unpaired) electrons. The molecule has 0 saturated carbocycles. The minimum Gasteiger partial charge on any atom is -0.497 e. The first-order valence-electron chi connectivity index (χ1n) is 12.3. The summed E-state index contributed by atoms with van der Waals surface area (Å²) in [5.74, 6) is -0.561. The number of ether oxygens (including phenoxy) is 1. The van der Waals surface area contributed by atoms with Crippen LogP contribution in [-0.4, -0.2) is 51.3 Å². The summed E-state index contributed by atoms with van der Waals surface area (Å²) in [6.07, 6.45) is -10.7. The third-order valence-corrected chi connectivity index (χ3v) is 6.95. The zero-order valence-electron chi connectivity index (χ0n) is 21.7. The van der Waals surface area contributed by atoms with Crippen molar-refractivity contribution in [2.24, 2.45) is 0 Å². The predicted octanol–water partition coefficient (Wildman–Crippen LogP) is 6.00. The molecule has 1 saturated heterocycles. The topological polar surface area (TPSA) is 79.7 Å². The lowest BCUT2D eigenvalue weighted by Crippen LogP contribution is -2.39. The van der Waals surface area contributed by atoms with Gasteiger partial charge in [0.1, 0.15) is 17.5 Å².